The molecular weight excluding hydrogens is 268 g/mol. The first-order valence-electron chi connectivity index (χ1n) is 6.35. The summed E-state index contributed by atoms with van der Waals surface area (Å²) in [6.07, 6.45) is 3.08. The number of nitro groups is 1. The van der Waals surface area contributed by atoms with Crippen LogP contribution in [0.15, 0.2) is 54.6 Å². The minimum absolute atomic E-state index is 0.0599. The largest absolute Gasteiger partial charge is 0.322 e. The van der Waals surface area contributed by atoms with Gasteiger partial charge < -0.3 is 5.32 Å². The fourth-order valence-electron chi connectivity index (χ4n) is 1.73. The molecule has 0 aromatic heterocycles. The number of amides is 1. The predicted molar refractivity (Wildman–Crippen MR) is 81.9 cm³/mol. The molecule has 5 heteroatoms. The highest BCUT2D eigenvalue weighted by molar-refractivity contribution is 6.02. The van der Waals surface area contributed by atoms with Crippen LogP contribution in [0.3, 0.4) is 0 Å². The number of rotatable bonds is 4. The average Bonchev–Trinajstić information content (AvgIpc) is 2.47. The third kappa shape index (κ3) is 4.28. The second kappa shape index (κ2) is 6.47. The van der Waals surface area contributed by atoms with Crippen LogP contribution in [-0.2, 0) is 4.79 Å². The first-order chi connectivity index (χ1) is 10.0. The summed E-state index contributed by atoms with van der Waals surface area (Å²) in [6, 6.07) is 13.5. The lowest BCUT2D eigenvalue weighted by Gasteiger charge is -2.01. The van der Waals surface area contributed by atoms with Gasteiger partial charge in [-0.2, -0.15) is 0 Å². The van der Waals surface area contributed by atoms with Gasteiger partial charge in [0.2, 0.25) is 5.91 Å². The number of anilines is 1. The molecule has 0 heterocycles. The van der Waals surface area contributed by atoms with E-state index in [2.05, 4.69) is 5.32 Å². The Balaban J connectivity index is 2.03. The van der Waals surface area contributed by atoms with Crippen molar-refractivity contribution in [1.82, 2.24) is 0 Å². The van der Waals surface area contributed by atoms with E-state index in [1.165, 1.54) is 24.3 Å². The molecule has 0 atom stereocenters. The topological polar surface area (TPSA) is 72.2 Å². The van der Waals surface area contributed by atoms with Crippen LogP contribution < -0.4 is 5.32 Å². The molecule has 21 heavy (non-hydrogen) atoms. The third-order valence-corrected chi connectivity index (χ3v) is 2.83. The van der Waals surface area contributed by atoms with E-state index < -0.39 is 4.92 Å². The van der Waals surface area contributed by atoms with Crippen molar-refractivity contribution in [2.45, 2.75) is 6.92 Å². The summed E-state index contributed by atoms with van der Waals surface area (Å²) in [5.41, 5.74) is 2.39. The molecule has 0 aliphatic rings. The second-order valence-electron chi connectivity index (χ2n) is 4.54. The number of non-ortho nitro benzene ring substituents is 1. The zero-order chi connectivity index (χ0) is 15.2. The zero-order valence-corrected chi connectivity index (χ0v) is 11.4. The number of nitrogens with zero attached hydrogens (tertiary/aromatic N) is 1. The number of carbonyl (C=O) groups is 1. The molecule has 2 rings (SSSR count). The van der Waals surface area contributed by atoms with Gasteiger partial charge in [0.1, 0.15) is 0 Å². The molecule has 0 aliphatic carbocycles. The van der Waals surface area contributed by atoms with E-state index in [0.717, 1.165) is 11.1 Å². The molecule has 0 fully saturated rings. The number of nitro benzene ring substituents is 1. The van der Waals surface area contributed by atoms with Crippen molar-refractivity contribution in [1.29, 1.82) is 0 Å². The first-order valence-corrected chi connectivity index (χ1v) is 6.35. The van der Waals surface area contributed by atoms with Gasteiger partial charge >= 0.3 is 0 Å². The maximum atomic E-state index is 11.8. The number of carbonyl (C=O) groups excluding carboxylic acids is 1. The zero-order valence-electron chi connectivity index (χ0n) is 11.4. The van der Waals surface area contributed by atoms with Crippen molar-refractivity contribution in [3.05, 3.63) is 75.8 Å². The van der Waals surface area contributed by atoms with E-state index in [1.54, 1.807) is 12.1 Å². The van der Waals surface area contributed by atoms with Crippen LogP contribution in [0, 0.1) is 17.0 Å². The number of nitrogens with one attached hydrogen (secondary N) is 1. The van der Waals surface area contributed by atoms with E-state index in [1.807, 2.05) is 31.2 Å². The molecular formula is C16H14N2O3. The molecule has 1 N–H and O–H groups in total. The van der Waals surface area contributed by atoms with Gasteiger partial charge in [0.05, 0.1) is 4.92 Å². The van der Waals surface area contributed by atoms with E-state index in [-0.39, 0.29) is 11.6 Å². The van der Waals surface area contributed by atoms with Gasteiger partial charge in [-0.15, -0.1) is 0 Å². The molecule has 2 aromatic rings. The lowest BCUT2D eigenvalue weighted by atomic mass is 10.1. The first kappa shape index (κ1) is 14.5. The van der Waals surface area contributed by atoms with Crippen LogP contribution in [0.5, 0.6) is 0 Å². The van der Waals surface area contributed by atoms with Gasteiger partial charge in [-0.05, 0) is 24.6 Å². The van der Waals surface area contributed by atoms with Crippen LogP contribution >= 0.6 is 0 Å². The highest BCUT2D eigenvalue weighted by Crippen LogP contribution is 2.17. The molecule has 0 aliphatic heterocycles. The Morgan fingerprint density at radius 3 is 2.57 bits per heavy atom. The second-order valence-corrected chi connectivity index (χ2v) is 4.54. The van der Waals surface area contributed by atoms with Crippen molar-refractivity contribution in [3.63, 3.8) is 0 Å². The van der Waals surface area contributed by atoms with Crippen molar-refractivity contribution in [3.8, 4) is 0 Å². The van der Waals surface area contributed by atoms with Crippen LogP contribution in [0.2, 0.25) is 0 Å². The minimum atomic E-state index is -0.502. The van der Waals surface area contributed by atoms with Crippen molar-refractivity contribution in [2.75, 3.05) is 5.32 Å². The van der Waals surface area contributed by atoms with Gasteiger partial charge in [-0.25, -0.2) is 0 Å². The highest BCUT2D eigenvalue weighted by Gasteiger charge is 2.06. The molecule has 0 bridgehead atoms. The summed E-state index contributed by atoms with van der Waals surface area (Å²) in [4.78, 5) is 21.9. The summed E-state index contributed by atoms with van der Waals surface area (Å²) in [7, 11) is 0. The lowest BCUT2D eigenvalue weighted by Crippen LogP contribution is -2.07. The Morgan fingerprint density at radius 2 is 1.90 bits per heavy atom. The normalized spacial score (nSPS) is 10.5. The van der Waals surface area contributed by atoms with Crippen molar-refractivity contribution >= 4 is 23.4 Å². The predicted octanol–water partition coefficient (Wildman–Crippen LogP) is 3.56. The Bertz CT molecular complexity index is 691. The quantitative estimate of drug-likeness (QED) is 0.529. The Kier molecular flexibility index (Phi) is 4.46. The van der Waals surface area contributed by atoms with Crippen LogP contribution in [0.25, 0.3) is 6.08 Å². The van der Waals surface area contributed by atoms with Gasteiger partial charge in [0.15, 0.2) is 0 Å². The number of hydrogen-bond acceptors (Lipinski definition) is 3. The molecule has 0 radical (unpaired) electrons. The van der Waals surface area contributed by atoms with E-state index in [4.69, 9.17) is 0 Å². The Labute approximate surface area is 122 Å². The molecule has 106 valence electrons. The van der Waals surface area contributed by atoms with Crippen molar-refractivity contribution < 1.29 is 9.72 Å². The number of benzene rings is 2. The SMILES string of the molecule is Cc1ccc(C=CC(=O)Nc2cccc([N+](=O)[O-])c2)cc1. The molecule has 0 saturated carbocycles. The molecule has 2 aromatic carbocycles. The van der Waals surface area contributed by atoms with Crippen LogP contribution in [0.1, 0.15) is 11.1 Å². The highest BCUT2D eigenvalue weighted by atomic mass is 16.6. The van der Waals surface area contributed by atoms with Crippen LogP contribution in [-0.4, -0.2) is 10.8 Å². The summed E-state index contributed by atoms with van der Waals surface area (Å²) in [5.74, 6) is -0.337. The summed E-state index contributed by atoms with van der Waals surface area (Å²) >= 11 is 0. The molecule has 0 unspecified atom stereocenters. The fourth-order valence-corrected chi connectivity index (χ4v) is 1.73. The number of aryl methyl sites for hydroxylation is 1. The Morgan fingerprint density at radius 1 is 1.19 bits per heavy atom. The molecule has 0 saturated heterocycles. The fraction of sp³-hybridized carbons (Fsp3) is 0.0625. The summed E-state index contributed by atoms with van der Waals surface area (Å²) < 4.78 is 0. The molecule has 1 amide bonds. The maximum Gasteiger partial charge on any atom is 0.271 e. The summed E-state index contributed by atoms with van der Waals surface area (Å²) in [5, 5.41) is 13.2. The smallest absolute Gasteiger partial charge is 0.271 e. The molecule has 0 spiro atoms. The number of hydrogen-bond donors (Lipinski definition) is 1. The Hall–Kier alpha value is -2.95. The lowest BCUT2D eigenvalue weighted by molar-refractivity contribution is -0.384. The minimum Gasteiger partial charge on any atom is -0.322 e. The third-order valence-electron chi connectivity index (χ3n) is 2.83. The van der Waals surface area contributed by atoms with Gasteiger partial charge in [-0.3, -0.25) is 14.9 Å². The van der Waals surface area contributed by atoms with Crippen LogP contribution in [0.4, 0.5) is 11.4 Å². The monoisotopic (exact) mass is 282 g/mol. The molecule has 5 nitrogen and oxygen atoms in total. The average molecular weight is 282 g/mol. The van der Waals surface area contributed by atoms with Crippen molar-refractivity contribution in [2.24, 2.45) is 0 Å². The van der Waals surface area contributed by atoms with Gasteiger partial charge in [-0.1, -0.05) is 35.9 Å². The van der Waals surface area contributed by atoms with E-state index in [0.29, 0.717) is 5.69 Å². The van der Waals surface area contributed by atoms with Gasteiger partial charge in [0.25, 0.3) is 5.69 Å². The standard InChI is InChI=1S/C16H14N2O3/c1-12-5-7-13(8-6-12)9-10-16(19)17-14-3-2-4-15(11-14)18(20)21/h2-11H,1H3,(H,17,19). The summed E-state index contributed by atoms with van der Waals surface area (Å²) in [6.45, 7) is 1.99. The van der Waals surface area contributed by atoms with Gasteiger partial charge in [0, 0.05) is 23.9 Å². The van der Waals surface area contributed by atoms with E-state index in [9.17, 15) is 14.9 Å². The maximum absolute atomic E-state index is 11.8. The van der Waals surface area contributed by atoms with E-state index >= 15 is 0 Å².